The van der Waals surface area contributed by atoms with Gasteiger partial charge in [0.1, 0.15) is 18.2 Å². The predicted molar refractivity (Wildman–Crippen MR) is 96.8 cm³/mol. The van der Waals surface area contributed by atoms with Crippen molar-refractivity contribution in [1.29, 1.82) is 0 Å². The van der Waals surface area contributed by atoms with Crippen molar-refractivity contribution in [2.75, 3.05) is 0 Å². The lowest BCUT2D eigenvalue weighted by Gasteiger charge is -2.05. The molecule has 0 fully saturated rings. The van der Waals surface area contributed by atoms with Crippen molar-refractivity contribution in [2.45, 2.75) is 13.2 Å². The standard InChI is InChI=1S/C19H15F2N5O2/c20-15-5-12(6-16(21)7-15)10-25-18(11-27)24-26(19(25)28)17-3-1-13(2-4-17)14-8-22-23-9-14/h1-9,27H,10-11H2,(H,22,23). The Kier molecular flexibility index (Phi) is 4.58. The van der Waals surface area contributed by atoms with Crippen LogP contribution in [0.25, 0.3) is 16.8 Å². The quantitative estimate of drug-likeness (QED) is 0.553. The second kappa shape index (κ2) is 7.20. The van der Waals surface area contributed by atoms with Crippen molar-refractivity contribution in [3.63, 3.8) is 0 Å². The van der Waals surface area contributed by atoms with E-state index < -0.39 is 23.9 Å². The Balaban J connectivity index is 1.70. The van der Waals surface area contributed by atoms with Crippen LogP contribution in [0.1, 0.15) is 11.4 Å². The van der Waals surface area contributed by atoms with Crippen molar-refractivity contribution in [3.8, 4) is 16.8 Å². The third-order valence-electron chi connectivity index (χ3n) is 4.29. The number of nitrogens with zero attached hydrogens (tertiary/aromatic N) is 4. The maximum atomic E-state index is 13.4. The summed E-state index contributed by atoms with van der Waals surface area (Å²) in [6, 6.07) is 10.1. The molecule has 4 aromatic rings. The van der Waals surface area contributed by atoms with E-state index in [4.69, 9.17) is 0 Å². The van der Waals surface area contributed by atoms with Crippen molar-refractivity contribution in [3.05, 3.63) is 88.4 Å². The molecule has 0 radical (unpaired) electrons. The minimum atomic E-state index is -0.740. The number of aromatic amines is 1. The zero-order chi connectivity index (χ0) is 19.7. The van der Waals surface area contributed by atoms with Crippen LogP contribution in [-0.4, -0.2) is 29.7 Å². The maximum absolute atomic E-state index is 13.4. The minimum Gasteiger partial charge on any atom is -0.388 e. The van der Waals surface area contributed by atoms with Crippen molar-refractivity contribution in [2.24, 2.45) is 0 Å². The molecule has 2 heterocycles. The summed E-state index contributed by atoms with van der Waals surface area (Å²) in [7, 11) is 0. The van der Waals surface area contributed by atoms with Gasteiger partial charge in [0, 0.05) is 17.8 Å². The van der Waals surface area contributed by atoms with E-state index in [1.54, 1.807) is 24.5 Å². The van der Waals surface area contributed by atoms with Crippen LogP contribution in [0.15, 0.2) is 59.7 Å². The van der Waals surface area contributed by atoms with E-state index in [0.717, 1.165) is 34.0 Å². The number of nitrogens with one attached hydrogen (secondary N) is 1. The van der Waals surface area contributed by atoms with Crippen LogP contribution in [0.2, 0.25) is 0 Å². The molecule has 2 N–H and O–H groups in total. The number of halogens is 2. The van der Waals surface area contributed by atoms with Gasteiger partial charge in [0.15, 0.2) is 5.82 Å². The van der Waals surface area contributed by atoms with Crippen LogP contribution in [0.3, 0.4) is 0 Å². The molecule has 0 amide bonds. The number of rotatable bonds is 5. The van der Waals surface area contributed by atoms with E-state index in [-0.39, 0.29) is 17.9 Å². The molecule has 0 saturated heterocycles. The maximum Gasteiger partial charge on any atom is 0.351 e. The van der Waals surface area contributed by atoms with Crippen LogP contribution >= 0.6 is 0 Å². The Hall–Kier alpha value is -3.59. The third kappa shape index (κ3) is 3.35. The Morgan fingerprint density at radius 2 is 1.75 bits per heavy atom. The fourth-order valence-corrected chi connectivity index (χ4v) is 2.97. The molecular weight excluding hydrogens is 368 g/mol. The lowest BCUT2D eigenvalue weighted by atomic mass is 10.1. The van der Waals surface area contributed by atoms with Crippen LogP contribution < -0.4 is 5.69 Å². The molecule has 0 bridgehead atoms. The molecule has 4 rings (SSSR count). The molecule has 142 valence electrons. The molecule has 7 nitrogen and oxygen atoms in total. The third-order valence-corrected chi connectivity index (χ3v) is 4.29. The predicted octanol–water partition coefficient (Wildman–Crippen LogP) is 2.24. The number of aliphatic hydroxyl groups is 1. The normalized spacial score (nSPS) is 11.1. The Labute approximate surface area is 157 Å². The Morgan fingerprint density at radius 1 is 1.04 bits per heavy atom. The number of aromatic nitrogens is 5. The van der Waals surface area contributed by atoms with Gasteiger partial charge in [-0.1, -0.05) is 12.1 Å². The molecule has 0 atom stereocenters. The highest BCUT2D eigenvalue weighted by Gasteiger charge is 2.15. The molecular formula is C19H15F2N5O2. The van der Waals surface area contributed by atoms with E-state index in [0.29, 0.717) is 5.69 Å². The molecule has 9 heteroatoms. The van der Waals surface area contributed by atoms with Crippen LogP contribution in [0.4, 0.5) is 8.78 Å². The number of hydrogen-bond donors (Lipinski definition) is 2. The molecule has 0 aliphatic carbocycles. The summed E-state index contributed by atoms with van der Waals surface area (Å²) in [6.45, 7) is -0.607. The van der Waals surface area contributed by atoms with Crippen molar-refractivity contribution in [1.82, 2.24) is 24.5 Å². The van der Waals surface area contributed by atoms with Gasteiger partial charge in [-0.15, -0.1) is 5.10 Å². The minimum absolute atomic E-state index is 0.0913. The van der Waals surface area contributed by atoms with Gasteiger partial charge in [0.05, 0.1) is 18.4 Å². The van der Waals surface area contributed by atoms with Gasteiger partial charge in [-0.05, 0) is 35.4 Å². The molecule has 2 aromatic heterocycles. The number of H-pyrrole nitrogens is 1. The first-order chi connectivity index (χ1) is 13.5. The second-order valence-electron chi connectivity index (χ2n) is 6.17. The van der Waals surface area contributed by atoms with Gasteiger partial charge < -0.3 is 5.11 Å². The van der Waals surface area contributed by atoms with Gasteiger partial charge >= 0.3 is 5.69 Å². The summed E-state index contributed by atoms with van der Waals surface area (Å²) in [5.74, 6) is -1.39. The number of hydrogen-bond acceptors (Lipinski definition) is 4. The van der Waals surface area contributed by atoms with Crippen molar-refractivity contribution >= 4 is 0 Å². The first-order valence-electron chi connectivity index (χ1n) is 8.39. The highest BCUT2D eigenvalue weighted by atomic mass is 19.1. The van der Waals surface area contributed by atoms with Gasteiger partial charge in [0.2, 0.25) is 0 Å². The van der Waals surface area contributed by atoms with Gasteiger partial charge in [-0.3, -0.25) is 9.67 Å². The van der Waals surface area contributed by atoms with Crippen LogP contribution in [0.5, 0.6) is 0 Å². The number of benzene rings is 2. The van der Waals surface area contributed by atoms with E-state index in [2.05, 4.69) is 15.3 Å². The topological polar surface area (TPSA) is 88.7 Å². The largest absolute Gasteiger partial charge is 0.388 e. The summed E-state index contributed by atoms with van der Waals surface area (Å²) in [6.07, 6.45) is 3.43. The molecule has 0 unspecified atom stereocenters. The van der Waals surface area contributed by atoms with Crippen LogP contribution in [0, 0.1) is 11.6 Å². The van der Waals surface area contributed by atoms with E-state index in [1.165, 1.54) is 4.57 Å². The number of aliphatic hydroxyl groups excluding tert-OH is 1. The Morgan fingerprint density at radius 3 is 2.36 bits per heavy atom. The smallest absolute Gasteiger partial charge is 0.351 e. The van der Waals surface area contributed by atoms with Gasteiger partial charge in [-0.25, -0.2) is 13.6 Å². The highest BCUT2D eigenvalue weighted by molar-refractivity contribution is 5.62. The first-order valence-corrected chi connectivity index (χ1v) is 8.39. The van der Waals surface area contributed by atoms with E-state index >= 15 is 0 Å². The average Bonchev–Trinajstić information content (AvgIpc) is 3.31. The first kappa shape index (κ1) is 17.8. The van der Waals surface area contributed by atoms with E-state index in [1.807, 2.05) is 12.1 Å². The van der Waals surface area contributed by atoms with Crippen LogP contribution in [-0.2, 0) is 13.2 Å². The van der Waals surface area contributed by atoms with Crippen molar-refractivity contribution < 1.29 is 13.9 Å². The SMILES string of the molecule is O=c1n(-c2ccc(-c3cn[nH]c3)cc2)nc(CO)n1Cc1cc(F)cc(F)c1. The Bertz CT molecular complexity index is 1140. The summed E-state index contributed by atoms with van der Waals surface area (Å²) in [5, 5.41) is 20.3. The summed E-state index contributed by atoms with van der Waals surface area (Å²) < 4.78 is 29.2. The fourth-order valence-electron chi connectivity index (χ4n) is 2.97. The van der Waals surface area contributed by atoms with Gasteiger partial charge in [0.25, 0.3) is 0 Å². The molecule has 0 aliphatic heterocycles. The zero-order valence-corrected chi connectivity index (χ0v) is 14.5. The molecule has 0 aliphatic rings. The molecule has 28 heavy (non-hydrogen) atoms. The summed E-state index contributed by atoms with van der Waals surface area (Å²) in [4.78, 5) is 12.8. The summed E-state index contributed by atoms with van der Waals surface area (Å²) >= 11 is 0. The lowest BCUT2D eigenvalue weighted by molar-refractivity contribution is 0.265. The fraction of sp³-hybridized carbons (Fsp3) is 0.105. The second-order valence-corrected chi connectivity index (χ2v) is 6.17. The monoisotopic (exact) mass is 383 g/mol. The zero-order valence-electron chi connectivity index (χ0n) is 14.5. The molecule has 0 saturated carbocycles. The van der Waals surface area contributed by atoms with Gasteiger partial charge in [-0.2, -0.15) is 9.78 Å². The molecule has 2 aromatic carbocycles. The summed E-state index contributed by atoms with van der Waals surface area (Å²) in [5.41, 5.74) is 2.03. The van der Waals surface area contributed by atoms with E-state index in [9.17, 15) is 18.7 Å². The highest BCUT2D eigenvalue weighted by Crippen LogP contribution is 2.19. The molecule has 0 spiro atoms. The average molecular weight is 383 g/mol. The lowest BCUT2D eigenvalue weighted by Crippen LogP contribution is -2.25.